The van der Waals surface area contributed by atoms with E-state index in [1.165, 1.54) is 23.1 Å². The molecule has 0 heterocycles. The first-order chi connectivity index (χ1) is 9.85. The number of nitrogens with one attached hydrogen (secondary N) is 1. The Labute approximate surface area is 129 Å². The Morgan fingerprint density at radius 1 is 1.48 bits per heavy atom. The van der Waals surface area contributed by atoms with E-state index in [1.807, 2.05) is 0 Å². The molecular weight excluding hydrogens is 346 g/mol. The van der Waals surface area contributed by atoms with E-state index in [-0.39, 0.29) is 24.3 Å². The van der Waals surface area contributed by atoms with Gasteiger partial charge in [-0.25, -0.2) is 4.79 Å². The van der Waals surface area contributed by atoms with Gasteiger partial charge in [0.25, 0.3) is 5.69 Å². The molecule has 0 saturated carbocycles. The van der Waals surface area contributed by atoms with Gasteiger partial charge in [-0.3, -0.25) is 14.9 Å². The maximum Gasteiger partial charge on any atom is 0.321 e. The minimum absolute atomic E-state index is 0.0597. The topological polar surface area (TPSA) is 113 Å². The van der Waals surface area contributed by atoms with Crippen LogP contribution in [0, 0.1) is 10.1 Å². The summed E-state index contributed by atoms with van der Waals surface area (Å²) in [5, 5.41) is 21.9. The number of carboxylic acid groups (broad SMARTS) is 1. The lowest BCUT2D eigenvalue weighted by atomic mass is 10.3. The number of nitro groups is 1. The second kappa shape index (κ2) is 7.58. The van der Waals surface area contributed by atoms with Crippen molar-refractivity contribution in [2.45, 2.75) is 13.3 Å². The van der Waals surface area contributed by atoms with Gasteiger partial charge in [-0.2, -0.15) is 0 Å². The van der Waals surface area contributed by atoms with Gasteiger partial charge in [0.05, 0.1) is 17.0 Å². The number of nitrogens with zero attached hydrogens (tertiary/aromatic N) is 2. The molecule has 0 aliphatic heterocycles. The van der Waals surface area contributed by atoms with Crippen LogP contribution < -0.4 is 5.32 Å². The highest BCUT2D eigenvalue weighted by Crippen LogP contribution is 2.27. The van der Waals surface area contributed by atoms with Crippen LogP contribution in [0.1, 0.15) is 13.3 Å². The van der Waals surface area contributed by atoms with Crippen molar-refractivity contribution in [3.05, 3.63) is 32.8 Å². The summed E-state index contributed by atoms with van der Waals surface area (Å²) in [7, 11) is 0. The highest BCUT2D eigenvalue weighted by Gasteiger charge is 2.16. The van der Waals surface area contributed by atoms with E-state index in [0.717, 1.165) is 0 Å². The lowest BCUT2D eigenvalue weighted by molar-refractivity contribution is -0.384. The van der Waals surface area contributed by atoms with Crippen LogP contribution in [-0.4, -0.2) is 40.0 Å². The van der Waals surface area contributed by atoms with Crippen molar-refractivity contribution in [3.8, 4) is 0 Å². The van der Waals surface area contributed by atoms with E-state index in [1.54, 1.807) is 6.92 Å². The van der Waals surface area contributed by atoms with E-state index in [2.05, 4.69) is 21.2 Å². The maximum atomic E-state index is 12.0. The van der Waals surface area contributed by atoms with Gasteiger partial charge in [0.15, 0.2) is 0 Å². The molecule has 2 amide bonds. The minimum Gasteiger partial charge on any atom is -0.481 e. The number of carbonyl (C=O) groups excluding carboxylic acids is 1. The smallest absolute Gasteiger partial charge is 0.321 e. The van der Waals surface area contributed by atoms with Gasteiger partial charge in [0.2, 0.25) is 0 Å². The fourth-order valence-corrected chi connectivity index (χ4v) is 1.90. The second-order valence-corrected chi connectivity index (χ2v) is 4.93. The molecule has 2 N–H and O–H groups in total. The van der Waals surface area contributed by atoms with Crippen molar-refractivity contribution in [2.24, 2.45) is 0 Å². The third kappa shape index (κ3) is 5.03. The molecule has 0 spiro atoms. The van der Waals surface area contributed by atoms with Crippen LogP contribution in [0.4, 0.5) is 16.2 Å². The summed E-state index contributed by atoms with van der Waals surface area (Å²) in [6, 6.07) is 3.48. The number of amides is 2. The number of benzene rings is 1. The van der Waals surface area contributed by atoms with Crippen LogP contribution in [-0.2, 0) is 4.79 Å². The molecule has 0 unspecified atom stereocenters. The number of carbonyl (C=O) groups is 2. The zero-order chi connectivity index (χ0) is 16.0. The van der Waals surface area contributed by atoms with Crippen molar-refractivity contribution < 1.29 is 19.6 Å². The van der Waals surface area contributed by atoms with E-state index in [0.29, 0.717) is 11.0 Å². The van der Waals surface area contributed by atoms with Crippen LogP contribution in [0.2, 0.25) is 0 Å². The first-order valence-corrected chi connectivity index (χ1v) is 6.86. The third-order valence-corrected chi connectivity index (χ3v) is 3.36. The second-order valence-electron chi connectivity index (χ2n) is 4.07. The summed E-state index contributed by atoms with van der Waals surface area (Å²) >= 11 is 3.19. The molecule has 8 nitrogen and oxygen atoms in total. The largest absolute Gasteiger partial charge is 0.481 e. The normalized spacial score (nSPS) is 10.0. The van der Waals surface area contributed by atoms with Crippen molar-refractivity contribution in [1.82, 2.24) is 4.90 Å². The fraction of sp³-hybridized carbons (Fsp3) is 0.333. The average molecular weight is 360 g/mol. The Bertz CT molecular complexity index is 564. The highest BCUT2D eigenvalue weighted by atomic mass is 79.9. The molecule has 0 aromatic heterocycles. The Hall–Kier alpha value is -2.16. The van der Waals surface area contributed by atoms with E-state index in [4.69, 9.17) is 5.11 Å². The third-order valence-electron chi connectivity index (χ3n) is 2.67. The number of aliphatic carboxylic acids is 1. The van der Waals surface area contributed by atoms with Gasteiger partial charge in [0, 0.05) is 29.7 Å². The Morgan fingerprint density at radius 3 is 2.67 bits per heavy atom. The standard InChI is InChI=1S/C12H14BrN3O5/c1-2-15(6-5-11(17)18)12(19)14-10-7-8(16(20)21)3-4-9(10)13/h3-4,7H,2,5-6H2,1H3,(H,14,19)(H,17,18). The molecule has 1 aromatic rings. The summed E-state index contributed by atoms with van der Waals surface area (Å²) in [6.07, 6.45) is -0.169. The quantitative estimate of drug-likeness (QED) is 0.598. The van der Waals surface area contributed by atoms with Crippen molar-refractivity contribution in [1.29, 1.82) is 0 Å². The molecule has 21 heavy (non-hydrogen) atoms. The lowest BCUT2D eigenvalue weighted by Gasteiger charge is -2.20. The average Bonchev–Trinajstić information content (AvgIpc) is 2.41. The molecule has 114 valence electrons. The van der Waals surface area contributed by atoms with Crippen molar-refractivity contribution in [2.75, 3.05) is 18.4 Å². The Morgan fingerprint density at radius 2 is 2.14 bits per heavy atom. The molecule has 1 aromatic carbocycles. The molecule has 0 saturated heterocycles. The van der Waals surface area contributed by atoms with Gasteiger partial charge in [-0.1, -0.05) is 0 Å². The molecule has 9 heteroatoms. The van der Waals surface area contributed by atoms with Gasteiger partial charge in [0.1, 0.15) is 0 Å². The van der Waals surface area contributed by atoms with Gasteiger partial charge >= 0.3 is 12.0 Å². The number of hydrogen-bond acceptors (Lipinski definition) is 4. The van der Waals surface area contributed by atoms with Crippen molar-refractivity contribution >= 4 is 39.3 Å². The SMILES string of the molecule is CCN(CCC(=O)O)C(=O)Nc1cc([N+](=O)[O-])ccc1Br. The summed E-state index contributed by atoms with van der Waals surface area (Å²) in [6.45, 7) is 2.10. The zero-order valence-electron chi connectivity index (χ0n) is 11.2. The van der Waals surface area contributed by atoms with Crippen LogP contribution in [0.25, 0.3) is 0 Å². The molecular formula is C12H14BrN3O5. The maximum absolute atomic E-state index is 12.0. The van der Waals surface area contributed by atoms with Gasteiger partial charge in [-0.15, -0.1) is 0 Å². The number of carboxylic acids is 1. The summed E-state index contributed by atoms with van der Waals surface area (Å²) in [5.74, 6) is -1.00. The molecule has 1 rings (SSSR count). The number of rotatable bonds is 6. The molecule has 0 bridgehead atoms. The first kappa shape index (κ1) is 16.9. The number of anilines is 1. The summed E-state index contributed by atoms with van der Waals surface area (Å²) in [5.41, 5.74) is 0.102. The Balaban J connectivity index is 2.83. The lowest BCUT2D eigenvalue weighted by Crippen LogP contribution is -2.36. The Kier molecular flexibility index (Phi) is 6.10. The van der Waals surface area contributed by atoms with Gasteiger partial charge < -0.3 is 15.3 Å². The van der Waals surface area contributed by atoms with E-state index in [9.17, 15) is 19.7 Å². The zero-order valence-corrected chi connectivity index (χ0v) is 12.8. The van der Waals surface area contributed by atoms with E-state index < -0.39 is 16.9 Å². The van der Waals surface area contributed by atoms with Gasteiger partial charge in [-0.05, 0) is 28.9 Å². The van der Waals surface area contributed by atoms with Crippen LogP contribution >= 0.6 is 15.9 Å². The summed E-state index contributed by atoms with van der Waals surface area (Å²) < 4.78 is 0.496. The number of nitro benzene ring substituents is 1. The number of urea groups is 1. The van der Waals surface area contributed by atoms with Crippen LogP contribution in [0.3, 0.4) is 0 Å². The molecule has 0 radical (unpaired) electrons. The predicted octanol–water partition coefficient (Wildman–Crippen LogP) is 2.69. The molecule has 0 aliphatic rings. The van der Waals surface area contributed by atoms with Crippen LogP contribution in [0.15, 0.2) is 22.7 Å². The number of hydrogen-bond donors (Lipinski definition) is 2. The highest BCUT2D eigenvalue weighted by molar-refractivity contribution is 9.10. The minimum atomic E-state index is -1.00. The number of halogens is 1. The summed E-state index contributed by atoms with van der Waals surface area (Å²) in [4.78, 5) is 34.0. The molecule has 0 fully saturated rings. The fourth-order valence-electron chi connectivity index (χ4n) is 1.55. The number of non-ortho nitro benzene ring substituents is 1. The first-order valence-electron chi connectivity index (χ1n) is 6.06. The van der Waals surface area contributed by atoms with Crippen molar-refractivity contribution in [3.63, 3.8) is 0 Å². The predicted molar refractivity (Wildman–Crippen MR) is 79.3 cm³/mol. The van der Waals surface area contributed by atoms with E-state index >= 15 is 0 Å². The molecule has 0 aliphatic carbocycles. The molecule has 0 atom stereocenters. The van der Waals surface area contributed by atoms with Crippen LogP contribution in [0.5, 0.6) is 0 Å². The monoisotopic (exact) mass is 359 g/mol.